The molecule has 19 heavy (non-hydrogen) atoms. The Labute approximate surface area is 124 Å². The van der Waals surface area contributed by atoms with E-state index < -0.39 is 5.97 Å². The van der Waals surface area contributed by atoms with Gasteiger partial charge in [0.05, 0.1) is 5.56 Å². The third kappa shape index (κ3) is 3.36. The Morgan fingerprint density at radius 1 is 1.37 bits per heavy atom. The number of halogens is 1. The molecule has 0 saturated heterocycles. The van der Waals surface area contributed by atoms with E-state index in [2.05, 4.69) is 34.2 Å². The molecule has 0 spiro atoms. The van der Waals surface area contributed by atoms with Gasteiger partial charge in [-0.05, 0) is 59.6 Å². The molecule has 2 aromatic rings. The summed E-state index contributed by atoms with van der Waals surface area (Å²) in [6.45, 7) is 4.72. The van der Waals surface area contributed by atoms with Crippen LogP contribution in [0.2, 0.25) is 0 Å². The maximum absolute atomic E-state index is 10.9. The van der Waals surface area contributed by atoms with Crippen LogP contribution in [0.4, 0.5) is 5.69 Å². The Morgan fingerprint density at radius 2 is 2.11 bits per heavy atom. The number of hydrogen-bond donors (Lipinski definition) is 2. The number of aromatic carboxylic acids is 1. The molecule has 0 aliphatic heterocycles. The predicted octanol–water partition coefficient (Wildman–Crippen LogP) is 4.44. The third-order valence-corrected chi connectivity index (χ3v) is 4.97. The van der Waals surface area contributed by atoms with Crippen molar-refractivity contribution in [3.8, 4) is 0 Å². The van der Waals surface area contributed by atoms with Gasteiger partial charge in [0.2, 0.25) is 0 Å². The van der Waals surface area contributed by atoms with Crippen LogP contribution in [0.25, 0.3) is 0 Å². The largest absolute Gasteiger partial charge is 0.478 e. The summed E-state index contributed by atoms with van der Waals surface area (Å²) in [4.78, 5) is 13.4. The number of carbonyl (C=O) groups is 1. The summed E-state index contributed by atoms with van der Waals surface area (Å²) in [6, 6.07) is 7.22. The van der Waals surface area contributed by atoms with Gasteiger partial charge in [0, 0.05) is 26.5 Å². The normalized spacial score (nSPS) is 10.5. The standard InChI is InChI=1S/C14H14BrNO2S/c1-8-5-10(14(17)18)3-4-13(8)16-7-11-6-12(15)9(2)19-11/h3-6,16H,7H2,1-2H3,(H,17,18). The van der Waals surface area contributed by atoms with E-state index in [9.17, 15) is 4.79 Å². The number of carboxylic acid groups (broad SMARTS) is 1. The molecule has 3 nitrogen and oxygen atoms in total. The van der Waals surface area contributed by atoms with Crippen LogP contribution in [0.15, 0.2) is 28.7 Å². The maximum Gasteiger partial charge on any atom is 0.335 e. The minimum atomic E-state index is -0.896. The van der Waals surface area contributed by atoms with Crippen molar-refractivity contribution in [2.75, 3.05) is 5.32 Å². The molecule has 0 aliphatic carbocycles. The molecular weight excluding hydrogens is 326 g/mol. The van der Waals surface area contributed by atoms with Crippen molar-refractivity contribution in [3.05, 3.63) is 49.6 Å². The van der Waals surface area contributed by atoms with Crippen LogP contribution in [-0.4, -0.2) is 11.1 Å². The molecule has 0 amide bonds. The van der Waals surface area contributed by atoms with Crippen LogP contribution in [0.1, 0.15) is 25.7 Å². The second kappa shape index (κ2) is 5.75. The molecule has 0 unspecified atom stereocenters. The highest BCUT2D eigenvalue weighted by Gasteiger charge is 2.07. The van der Waals surface area contributed by atoms with Crippen LogP contribution in [-0.2, 0) is 6.54 Å². The zero-order valence-corrected chi connectivity index (χ0v) is 13.1. The summed E-state index contributed by atoms with van der Waals surface area (Å²) in [5.74, 6) is -0.896. The van der Waals surface area contributed by atoms with Crippen LogP contribution in [0, 0.1) is 13.8 Å². The zero-order valence-electron chi connectivity index (χ0n) is 10.7. The third-order valence-electron chi connectivity index (χ3n) is 2.83. The molecule has 1 heterocycles. The zero-order chi connectivity index (χ0) is 14.0. The van der Waals surface area contributed by atoms with Crippen LogP contribution in [0.3, 0.4) is 0 Å². The summed E-state index contributed by atoms with van der Waals surface area (Å²) in [5.41, 5.74) is 2.22. The van der Waals surface area contributed by atoms with Crippen molar-refractivity contribution >= 4 is 38.9 Å². The molecule has 0 bridgehead atoms. The number of thiophene rings is 1. The first kappa shape index (κ1) is 14.1. The van der Waals surface area contributed by atoms with Gasteiger partial charge in [0.25, 0.3) is 0 Å². The van der Waals surface area contributed by atoms with Gasteiger partial charge in [-0.1, -0.05) is 0 Å². The van der Waals surface area contributed by atoms with Gasteiger partial charge in [-0.2, -0.15) is 0 Å². The summed E-state index contributed by atoms with van der Waals surface area (Å²) >= 11 is 5.24. The lowest BCUT2D eigenvalue weighted by Gasteiger charge is -2.09. The highest BCUT2D eigenvalue weighted by molar-refractivity contribution is 9.10. The van der Waals surface area contributed by atoms with E-state index in [4.69, 9.17) is 5.11 Å². The van der Waals surface area contributed by atoms with E-state index in [1.807, 2.05) is 13.0 Å². The van der Waals surface area contributed by atoms with Gasteiger partial charge in [-0.3, -0.25) is 0 Å². The number of benzene rings is 1. The lowest BCUT2D eigenvalue weighted by Crippen LogP contribution is -2.02. The summed E-state index contributed by atoms with van der Waals surface area (Å²) in [5, 5.41) is 12.2. The molecule has 1 aromatic heterocycles. The minimum Gasteiger partial charge on any atom is -0.478 e. The monoisotopic (exact) mass is 339 g/mol. The van der Waals surface area contributed by atoms with Crippen molar-refractivity contribution in [1.29, 1.82) is 0 Å². The average molecular weight is 340 g/mol. The lowest BCUT2D eigenvalue weighted by molar-refractivity contribution is 0.0697. The fourth-order valence-corrected chi connectivity index (χ4v) is 3.32. The Hall–Kier alpha value is -1.33. The van der Waals surface area contributed by atoms with E-state index in [0.29, 0.717) is 5.56 Å². The average Bonchev–Trinajstić information content (AvgIpc) is 2.67. The maximum atomic E-state index is 10.9. The number of rotatable bonds is 4. The topological polar surface area (TPSA) is 49.3 Å². The van der Waals surface area contributed by atoms with E-state index in [1.54, 1.807) is 23.5 Å². The van der Waals surface area contributed by atoms with E-state index in [1.165, 1.54) is 9.75 Å². The van der Waals surface area contributed by atoms with E-state index in [0.717, 1.165) is 22.3 Å². The number of aryl methyl sites for hydroxylation is 2. The molecule has 0 aliphatic rings. The Balaban J connectivity index is 2.09. The van der Waals surface area contributed by atoms with Crippen molar-refractivity contribution in [3.63, 3.8) is 0 Å². The Kier molecular flexibility index (Phi) is 4.27. The molecule has 0 saturated carbocycles. The van der Waals surface area contributed by atoms with Crippen molar-refractivity contribution in [2.45, 2.75) is 20.4 Å². The van der Waals surface area contributed by atoms with Crippen molar-refractivity contribution in [1.82, 2.24) is 0 Å². The minimum absolute atomic E-state index is 0.317. The molecule has 2 N–H and O–H groups in total. The highest BCUT2D eigenvalue weighted by atomic mass is 79.9. The Bertz CT molecular complexity index is 602. The second-order valence-electron chi connectivity index (χ2n) is 4.31. The number of carboxylic acids is 1. The van der Waals surface area contributed by atoms with Crippen molar-refractivity contribution in [2.24, 2.45) is 0 Å². The number of hydrogen-bond acceptors (Lipinski definition) is 3. The van der Waals surface area contributed by atoms with E-state index >= 15 is 0 Å². The molecule has 1 aromatic carbocycles. The van der Waals surface area contributed by atoms with Crippen LogP contribution < -0.4 is 5.32 Å². The molecule has 0 atom stereocenters. The molecule has 0 fully saturated rings. The summed E-state index contributed by atoms with van der Waals surface area (Å²) < 4.78 is 1.13. The van der Waals surface area contributed by atoms with Crippen molar-refractivity contribution < 1.29 is 9.90 Å². The summed E-state index contributed by atoms with van der Waals surface area (Å²) in [7, 11) is 0. The molecule has 2 rings (SSSR count). The summed E-state index contributed by atoms with van der Waals surface area (Å²) in [6.07, 6.45) is 0. The predicted molar refractivity (Wildman–Crippen MR) is 82.2 cm³/mol. The first-order valence-corrected chi connectivity index (χ1v) is 7.41. The van der Waals surface area contributed by atoms with Crippen LogP contribution >= 0.6 is 27.3 Å². The second-order valence-corrected chi connectivity index (χ2v) is 6.50. The Morgan fingerprint density at radius 3 is 2.63 bits per heavy atom. The molecule has 0 radical (unpaired) electrons. The van der Waals surface area contributed by atoms with Gasteiger partial charge in [-0.15, -0.1) is 11.3 Å². The van der Waals surface area contributed by atoms with Crippen LogP contribution in [0.5, 0.6) is 0 Å². The van der Waals surface area contributed by atoms with Gasteiger partial charge in [0.15, 0.2) is 0 Å². The smallest absolute Gasteiger partial charge is 0.335 e. The van der Waals surface area contributed by atoms with Gasteiger partial charge in [-0.25, -0.2) is 4.79 Å². The number of anilines is 1. The first-order chi connectivity index (χ1) is 8.97. The molecule has 5 heteroatoms. The highest BCUT2D eigenvalue weighted by Crippen LogP contribution is 2.27. The van der Waals surface area contributed by atoms with Gasteiger partial charge >= 0.3 is 5.97 Å². The van der Waals surface area contributed by atoms with Gasteiger partial charge < -0.3 is 10.4 Å². The fourth-order valence-electron chi connectivity index (χ4n) is 1.78. The number of nitrogens with one attached hydrogen (secondary N) is 1. The lowest BCUT2D eigenvalue weighted by atomic mass is 10.1. The SMILES string of the molecule is Cc1cc(C(=O)O)ccc1NCc1cc(Br)c(C)s1. The van der Waals surface area contributed by atoms with Gasteiger partial charge in [0.1, 0.15) is 0 Å². The first-order valence-electron chi connectivity index (χ1n) is 5.80. The molecular formula is C14H14BrNO2S. The quantitative estimate of drug-likeness (QED) is 0.865. The molecule has 100 valence electrons. The fraction of sp³-hybridized carbons (Fsp3) is 0.214. The van der Waals surface area contributed by atoms with E-state index in [-0.39, 0.29) is 0 Å².